The SMILES string of the molecule is Cc1ccc(CN(c2ccc(OCC(=O)Nc3cc(Cl)c(Cl)cc3Cl)cc2)S(C)(=O)=O)cc1. The van der Waals surface area contributed by atoms with Crippen LogP contribution in [0.1, 0.15) is 11.1 Å². The van der Waals surface area contributed by atoms with Gasteiger partial charge in [0.1, 0.15) is 5.75 Å². The van der Waals surface area contributed by atoms with E-state index in [1.807, 2.05) is 31.2 Å². The van der Waals surface area contributed by atoms with Gasteiger partial charge in [0.15, 0.2) is 6.61 Å². The molecule has 33 heavy (non-hydrogen) atoms. The van der Waals surface area contributed by atoms with Crippen molar-refractivity contribution in [1.29, 1.82) is 0 Å². The van der Waals surface area contributed by atoms with Gasteiger partial charge in [-0.1, -0.05) is 64.6 Å². The summed E-state index contributed by atoms with van der Waals surface area (Å²) in [5.41, 5.74) is 2.76. The average molecular weight is 528 g/mol. The van der Waals surface area contributed by atoms with Gasteiger partial charge in [0, 0.05) is 0 Å². The number of hydrogen-bond donors (Lipinski definition) is 1. The number of anilines is 2. The van der Waals surface area contributed by atoms with Crippen molar-refractivity contribution in [3.8, 4) is 5.75 Å². The maximum Gasteiger partial charge on any atom is 0.262 e. The second-order valence-corrected chi connectivity index (χ2v) is 10.5. The third-order valence-electron chi connectivity index (χ3n) is 4.63. The van der Waals surface area contributed by atoms with E-state index in [0.717, 1.165) is 17.4 Å². The molecule has 0 aliphatic rings. The molecule has 0 saturated heterocycles. The minimum Gasteiger partial charge on any atom is -0.484 e. The fourth-order valence-corrected chi connectivity index (χ4v) is 4.40. The van der Waals surface area contributed by atoms with E-state index in [-0.39, 0.29) is 28.2 Å². The molecule has 0 fully saturated rings. The number of rotatable bonds is 8. The number of aryl methyl sites for hydroxylation is 1. The summed E-state index contributed by atoms with van der Waals surface area (Å²) in [5.74, 6) is -0.0468. The Kier molecular flexibility index (Phi) is 8.13. The maximum atomic E-state index is 12.4. The zero-order valence-corrected chi connectivity index (χ0v) is 20.9. The van der Waals surface area contributed by atoms with Crippen molar-refractivity contribution >= 4 is 62.1 Å². The third-order valence-corrected chi connectivity index (χ3v) is 6.80. The van der Waals surface area contributed by atoms with Gasteiger partial charge >= 0.3 is 0 Å². The zero-order valence-electron chi connectivity index (χ0n) is 17.8. The number of amides is 1. The first-order valence-corrected chi connectivity index (χ1v) is 12.7. The highest BCUT2D eigenvalue weighted by Gasteiger charge is 2.18. The quantitative estimate of drug-likeness (QED) is 0.368. The van der Waals surface area contributed by atoms with Crippen molar-refractivity contribution in [1.82, 2.24) is 0 Å². The first kappa shape index (κ1) is 25.2. The molecule has 3 rings (SSSR count). The van der Waals surface area contributed by atoms with E-state index in [4.69, 9.17) is 39.5 Å². The predicted octanol–water partition coefficient (Wildman–Crippen LogP) is 5.94. The Morgan fingerprint density at radius 2 is 1.55 bits per heavy atom. The van der Waals surface area contributed by atoms with Crippen LogP contribution in [0.5, 0.6) is 5.75 Å². The van der Waals surface area contributed by atoms with Crippen LogP contribution in [0, 0.1) is 6.92 Å². The van der Waals surface area contributed by atoms with E-state index in [9.17, 15) is 13.2 Å². The van der Waals surface area contributed by atoms with Crippen molar-refractivity contribution in [3.63, 3.8) is 0 Å². The average Bonchev–Trinajstić information content (AvgIpc) is 2.75. The summed E-state index contributed by atoms with van der Waals surface area (Å²) in [5, 5.41) is 3.39. The van der Waals surface area contributed by atoms with E-state index in [1.165, 1.54) is 16.4 Å². The molecule has 0 aliphatic heterocycles. The Labute approximate surface area is 208 Å². The molecule has 0 radical (unpaired) electrons. The molecule has 0 bridgehead atoms. The number of nitrogens with zero attached hydrogens (tertiary/aromatic N) is 1. The monoisotopic (exact) mass is 526 g/mol. The molecule has 0 unspecified atom stereocenters. The van der Waals surface area contributed by atoms with Gasteiger partial charge in [-0.05, 0) is 48.9 Å². The number of nitrogens with one attached hydrogen (secondary N) is 1. The summed E-state index contributed by atoms with van der Waals surface area (Å²) in [6.45, 7) is 1.89. The number of benzene rings is 3. The second-order valence-electron chi connectivity index (χ2n) is 7.33. The molecule has 0 aromatic heterocycles. The highest BCUT2D eigenvalue weighted by atomic mass is 35.5. The van der Waals surface area contributed by atoms with Crippen molar-refractivity contribution < 1.29 is 17.9 Å². The summed E-state index contributed by atoms with van der Waals surface area (Å²) in [7, 11) is -3.51. The molecule has 0 aliphatic carbocycles. The van der Waals surface area contributed by atoms with Gasteiger partial charge in [-0.2, -0.15) is 0 Å². The van der Waals surface area contributed by atoms with Gasteiger partial charge in [-0.25, -0.2) is 8.42 Å². The minimum absolute atomic E-state index is 0.201. The van der Waals surface area contributed by atoms with Gasteiger partial charge in [0.25, 0.3) is 5.91 Å². The maximum absolute atomic E-state index is 12.4. The van der Waals surface area contributed by atoms with Crippen LogP contribution < -0.4 is 14.4 Å². The highest BCUT2D eigenvalue weighted by molar-refractivity contribution is 7.92. The molecule has 10 heteroatoms. The topological polar surface area (TPSA) is 75.7 Å². The summed E-state index contributed by atoms with van der Waals surface area (Å²) in [4.78, 5) is 12.2. The van der Waals surface area contributed by atoms with Crippen LogP contribution >= 0.6 is 34.8 Å². The smallest absolute Gasteiger partial charge is 0.262 e. The Morgan fingerprint density at radius 1 is 0.939 bits per heavy atom. The molecule has 0 heterocycles. The second kappa shape index (κ2) is 10.7. The van der Waals surface area contributed by atoms with Gasteiger partial charge in [0.05, 0.1) is 39.2 Å². The largest absolute Gasteiger partial charge is 0.484 e. The van der Waals surface area contributed by atoms with Crippen molar-refractivity contribution in [2.75, 3.05) is 22.5 Å². The van der Waals surface area contributed by atoms with E-state index < -0.39 is 15.9 Å². The van der Waals surface area contributed by atoms with Crippen molar-refractivity contribution in [2.45, 2.75) is 13.5 Å². The van der Waals surface area contributed by atoms with E-state index in [1.54, 1.807) is 24.3 Å². The fraction of sp³-hybridized carbons (Fsp3) is 0.174. The lowest BCUT2D eigenvalue weighted by Gasteiger charge is -2.23. The molecule has 0 spiro atoms. The van der Waals surface area contributed by atoms with Gasteiger partial charge < -0.3 is 10.1 Å². The number of carbonyl (C=O) groups excluding carboxylic acids is 1. The third kappa shape index (κ3) is 7.01. The molecule has 0 saturated carbocycles. The molecule has 6 nitrogen and oxygen atoms in total. The molecule has 1 amide bonds. The summed E-state index contributed by atoms with van der Waals surface area (Å²) in [6.07, 6.45) is 1.16. The molecular formula is C23H21Cl3N2O4S. The first-order chi connectivity index (χ1) is 15.5. The van der Waals surface area contributed by atoms with E-state index >= 15 is 0 Å². The molecule has 174 valence electrons. The van der Waals surface area contributed by atoms with Crippen LogP contribution in [0.25, 0.3) is 0 Å². The molecule has 3 aromatic carbocycles. The predicted molar refractivity (Wildman–Crippen MR) is 134 cm³/mol. The Hall–Kier alpha value is -2.45. The lowest BCUT2D eigenvalue weighted by Crippen LogP contribution is -2.29. The summed E-state index contributed by atoms with van der Waals surface area (Å²) in [6, 6.07) is 17.0. The van der Waals surface area contributed by atoms with Gasteiger partial charge in [-0.15, -0.1) is 0 Å². The Bertz CT molecular complexity index is 1250. The first-order valence-electron chi connectivity index (χ1n) is 9.73. The molecule has 1 N–H and O–H groups in total. The molecule has 3 aromatic rings. The lowest BCUT2D eigenvalue weighted by atomic mass is 10.1. The van der Waals surface area contributed by atoms with Crippen LogP contribution in [0.4, 0.5) is 11.4 Å². The van der Waals surface area contributed by atoms with Crippen LogP contribution in [0.15, 0.2) is 60.7 Å². The Balaban J connectivity index is 1.65. The van der Waals surface area contributed by atoms with Crippen LogP contribution in [-0.2, 0) is 21.4 Å². The number of hydrogen-bond acceptors (Lipinski definition) is 4. The molecular weight excluding hydrogens is 507 g/mol. The van der Waals surface area contributed by atoms with Crippen LogP contribution in [-0.4, -0.2) is 27.2 Å². The van der Waals surface area contributed by atoms with E-state index in [2.05, 4.69) is 5.32 Å². The summed E-state index contributed by atoms with van der Waals surface area (Å²) < 4.78 is 31.5. The zero-order chi connectivity index (χ0) is 24.2. The minimum atomic E-state index is -3.51. The standard InChI is InChI=1S/C23H21Cl3N2O4S/c1-15-3-5-16(6-4-15)13-28(33(2,30)31)17-7-9-18(10-8-17)32-14-23(29)27-22-12-20(25)19(24)11-21(22)26/h3-12H,13-14H2,1-2H3,(H,27,29). The number of halogens is 3. The number of carbonyl (C=O) groups is 1. The lowest BCUT2D eigenvalue weighted by molar-refractivity contribution is -0.118. The van der Waals surface area contributed by atoms with Gasteiger partial charge in [-0.3, -0.25) is 9.10 Å². The Morgan fingerprint density at radius 3 is 2.15 bits per heavy atom. The van der Waals surface area contributed by atoms with Gasteiger partial charge in [0.2, 0.25) is 10.0 Å². The molecule has 0 atom stereocenters. The fourth-order valence-electron chi connectivity index (χ4n) is 2.92. The van der Waals surface area contributed by atoms with Crippen molar-refractivity contribution in [3.05, 3.63) is 86.9 Å². The van der Waals surface area contributed by atoms with Crippen LogP contribution in [0.3, 0.4) is 0 Å². The van der Waals surface area contributed by atoms with Crippen molar-refractivity contribution in [2.24, 2.45) is 0 Å². The highest BCUT2D eigenvalue weighted by Crippen LogP contribution is 2.32. The van der Waals surface area contributed by atoms with Crippen LogP contribution in [0.2, 0.25) is 15.1 Å². The number of sulfonamides is 1. The number of ether oxygens (including phenoxy) is 1. The normalized spacial score (nSPS) is 11.2. The van der Waals surface area contributed by atoms with E-state index in [0.29, 0.717) is 17.1 Å². The summed E-state index contributed by atoms with van der Waals surface area (Å²) >= 11 is 17.9.